The number of nitrogens with zero attached hydrogens (tertiary/aromatic N) is 1. The average Bonchev–Trinajstić information content (AvgIpc) is 2.80. The lowest BCUT2D eigenvalue weighted by atomic mass is 10.2. The number of carbonyl (C=O) groups excluding carboxylic acids is 1. The first-order valence-corrected chi connectivity index (χ1v) is 8.12. The molecule has 0 fully saturated rings. The molecular weight excluding hydrogens is 307 g/mol. The van der Waals surface area contributed by atoms with E-state index in [0.29, 0.717) is 11.5 Å². The van der Waals surface area contributed by atoms with E-state index in [1.807, 2.05) is 0 Å². The lowest BCUT2D eigenvalue weighted by molar-refractivity contribution is -0.115. The summed E-state index contributed by atoms with van der Waals surface area (Å²) in [7, 11) is -1.46. The first-order valence-electron chi connectivity index (χ1n) is 6.74. The van der Waals surface area contributed by atoms with Crippen LogP contribution in [0.15, 0.2) is 28.8 Å². The molecule has 118 valence electrons. The predicted molar refractivity (Wildman–Crippen MR) is 82.3 cm³/mol. The molecule has 0 aliphatic carbocycles. The molecule has 0 saturated carbocycles. The summed E-state index contributed by atoms with van der Waals surface area (Å²) in [6, 6.07) is 5.85. The van der Waals surface area contributed by atoms with Crippen LogP contribution >= 0.6 is 0 Å². The molecule has 0 unspecified atom stereocenters. The third-order valence-electron chi connectivity index (χ3n) is 3.36. The topological polar surface area (TPSA) is 72.2 Å². The van der Waals surface area contributed by atoms with Crippen LogP contribution in [0.25, 0.3) is 0 Å². The third-order valence-corrected chi connectivity index (χ3v) is 4.94. The highest BCUT2D eigenvalue weighted by atomic mass is 32.2. The average molecular weight is 324 g/mol. The number of aryl methyl sites for hydroxylation is 2. The zero-order chi connectivity index (χ0) is 16.3. The first-order chi connectivity index (χ1) is 10.4. The maximum absolute atomic E-state index is 13.5. The largest absolute Gasteiger partial charge is 0.361 e. The molecule has 0 aliphatic rings. The van der Waals surface area contributed by atoms with Crippen LogP contribution in [0, 0.1) is 19.7 Å². The smallest absolute Gasteiger partial charge is 0.239 e. The molecule has 1 N–H and O–H groups in total. The van der Waals surface area contributed by atoms with Crippen molar-refractivity contribution in [3.63, 3.8) is 0 Å². The monoisotopic (exact) mass is 324 g/mol. The minimum Gasteiger partial charge on any atom is -0.361 e. The molecule has 1 heterocycles. The summed E-state index contributed by atoms with van der Waals surface area (Å²) >= 11 is 0. The van der Waals surface area contributed by atoms with E-state index < -0.39 is 27.8 Å². The standard InChI is InChI=1S/C15H17FN2O3S/c1-9-12(10(2)21-18-9)8-22(20)11(3)15(19)17-14-7-5-4-6-13(14)16/h4-7,11H,8H2,1-3H3,(H,17,19)/t11-,22+/m0/s1. The normalized spacial score (nSPS) is 13.6. The predicted octanol–water partition coefficient (Wildman–Crippen LogP) is 2.71. The Hall–Kier alpha value is -2.02. The van der Waals surface area contributed by atoms with Crippen molar-refractivity contribution in [2.75, 3.05) is 5.32 Å². The summed E-state index contributed by atoms with van der Waals surface area (Å²) in [5.74, 6) is -0.255. The minimum atomic E-state index is -1.46. The van der Waals surface area contributed by atoms with Gasteiger partial charge in [-0.25, -0.2) is 4.39 Å². The van der Waals surface area contributed by atoms with Gasteiger partial charge in [-0.05, 0) is 32.9 Å². The molecule has 0 spiro atoms. The highest BCUT2D eigenvalue weighted by molar-refractivity contribution is 7.85. The van der Waals surface area contributed by atoms with Gasteiger partial charge in [0.25, 0.3) is 0 Å². The molecule has 1 aromatic heterocycles. The Balaban J connectivity index is 2.04. The molecule has 5 nitrogen and oxygen atoms in total. The van der Waals surface area contributed by atoms with Crippen LogP contribution in [0.1, 0.15) is 23.9 Å². The quantitative estimate of drug-likeness (QED) is 0.918. The SMILES string of the molecule is Cc1noc(C)c1C[S@@](=O)[C@@H](C)C(=O)Nc1ccccc1F. The molecule has 7 heteroatoms. The van der Waals surface area contributed by atoms with Gasteiger partial charge in [0, 0.05) is 16.4 Å². The molecule has 2 atom stereocenters. The van der Waals surface area contributed by atoms with Crippen molar-refractivity contribution in [1.82, 2.24) is 5.16 Å². The number of nitrogens with one attached hydrogen (secondary N) is 1. The minimum absolute atomic E-state index is 0.0775. The molecule has 22 heavy (non-hydrogen) atoms. The Morgan fingerprint density at radius 1 is 1.41 bits per heavy atom. The van der Waals surface area contributed by atoms with Crippen molar-refractivity contribution in [3.8, 4) is 0 Å². The second-order valence-corrected chi connectivity index (χ2v) is 6.70. The van der Waals surface area contributed by atoms with Crippen molar-refractivity contribution in [2.24, 2.45) is 0 Å². The molecule has 0 saturated heterocycles. The molecule has 1 amide bonds. The second-order valence-electron chi connectivity index (χ2n) is 4.94. The Kier molecular flexibility index (Phi) is 5.07. The van der Waals surface area contributed by atoms with Crippen molar-refractivity contribution in [2.45, 2.75) is 31.8 Å². The second kappa shape index (κ2) is 6.83. The molecule has 1 aromatic carbocycles. The number of para-hydroxylation sites is 1. The van der Waals surface area contributed by atoms with E-state index in [2.05, 4.69) is 10.5 Å². The molecule has 0 bridgehead atoms. The van der Waals surface area contributed by atoms with Crippen molar-refractivity contribution in [3.05, 3.63) is 47.1 Å². The van der Waals surface area contributed by atoms with Gasteiger partial charge in [0.1, 0.15) is 16.8 Å². The summed E-state index contributed by atoms with van der Waals surface area (Å²) in [6.07, 6.45) is 0. The van der Waals surface area contributed by atoms with Crippen LogP contribution in [0.3, 0.4) is 0 Å². The highest BCUT2D eigenvalue weighted by Crippen LogP contribution is 2.18. The van der Waals surface area contributed by atoms with Crippen LogP contribution in [0.4, 0.5) is 10.1 Å². The van der Waals surface area contributed by atoms with Gasteiger partial charge in [0.2, 0.25) is 5.91 Å². The number of hydrogen-bond acceptors (Lipinski definition) is 4. The van der Waals surface area contributed by atoms with E-state index in [-0.39, 0.29) is 11.4 Å². The molecule has 2 aromatic rings. The zero-order valence-corrected chi connectivity index (χ0v) is 13.4. The van der Waals surface area contributed by atoms with Gasteiger partial charge in [-0.1, -0.05) is 17.3 Å². The van der Waals surface area contributed by atoms with Gasteiger partial charge < -0.3 is 9.84 Å². The Bertz CT molecular complexity index is 695. The van der Waals surface area contributed by atoms with Crippen molar-refractivity contribution < 1.29 is 17.9 Å². The maximum Gasteiger partial charge on any atom is 0.239 e. The number of hydrogen-bond donors (Lipinski definition) is 1. The van der Waals surface area contributed by atoms with E-state index in [0.717, 1.165) is 5.56 Å². The van der Waals surface area contributed by atoms with Crippen LogP contribution < -0.4 is 5.32 Å². The summed E-state index contributed by atoms with van der Waals surface area (Å²) in [5.41, 5.74) is 1.48. The number of amides is 1. The van der Waals surface area contributed by atoms with E-state index in [1.165, 1.54) is 18.2 Å². The van der Waals surface area contributed by atoms with E-state index in [1.54, 1.807) is 26.8 Å². The van der Waals surface area contributed by atoms with Crippen LogP contribution in [0.5, 0.6) is 0 Å². The maximum atomic E-state index is 13.5. The number of rotatable bonds is 5. The molecule has 0 radical (unpaired) electrons. The molecule has 2 rings (SSSR count). The number of anilines is 1. The fourth-order valence-corrected chi connectivity index (χ4v) is 3.14. The van der Waals surface area contributed by atoms with Crippen LogP contribution in [-0.2, 0) is 21.3 Å². The van der Waals surface area contributed by atoms with Gasteiger partial charge >= 0.3 is 0 Å². The number of aromatic nitrogens is 1. The summed E-state index contributed by atoms with van der Waals surface area (Å²) in [4.78, 5) is 12.1. The van der Waals surface area contributed by atoms with E-state index >= 15 is 0 Å². The zero-order valence-electron chi connectivity index (χ0n) is 12.6. The van der Waals surface area contributed by atoms with E-state index in [4.69, 9.17) is 4.52 Å². The van der Waals surface area contributed by atoms with Gasteiger partial charge in [-0.3, -0.25) is 9.00 Å². The lowest BCUT2D eigenvalue weighted by Gasteiger charge is -2.12. The molecular formula is C15H17FN2O3S. The fraction of sp³-hybridized carbons (Fsp3) is 0.333. The van der Waals surface area contributed by atoms with Crippen molar-refractivity contribution >= 4 is 22.4 Å². The summed E-state index contributed by atoms with van der Waals surface area (Å²) < 4.78 is 30.8. The van der Waals surface area contributed by atoms with Gasteiger partial charge in [0.15, 0.2) is 0 Å². The Morgan fingerprint density at radius 3 is 2.68 bits per heavy atom. The van der Waals surface area contributed by atoms with E-state index in [9.17, 15) is 13.4 Å². The lowest BCUT2D eigenvalue weighted by Crippen LogP contribution is -2.30. The molecule has 0 aliphatic heterocycles. The number of carbonyl (C=O) groups is 1. The highest BCUT2D eigenvalue weighted by Gasteiger charge is 2.23. The van der Waals surface area contributed by atoms with Gasteiger partial charge in [-0.2, -0.15) is 0 Å². The summed E-state index contributed by atoms with van der Waals surface area (Å²) in [5, 5.41) is 5.46. The number of benzene rings is 1. The summed E-state index contributed by atoms with van der Waals surface area (Å²) in [6.45, 7) is 5.04. The fourth-order valence-electron chi connectivity index (χ4n) is 1.89. The van der Waals surface area contributed by atoms with Crippen LogP contribution in [-0.4, -0.2) is 20.5 Å². The van der Waals surface area contributed by atoms with Crippen LogP contribution in [0.2, 0.25) is 0 Å². The third kappa shape index (κ3) is 3.59. The van der Waals surface area contributed by atoms with Crippen molar-refractivity contribution in [1.29, 1.82) is 0 Å². The Morgan fingerprint density at radius 2 is 2.09 bits per heavy atom. The van der Waals surface area contributed by atoms with Gasteiger partial charge in [0.05, 0.1) is 17.1 Å². The number of halogens is 1. The first kappa shape index (κ1) is 16.4. The Labute approximate surface area is 130 Å². The van der Waals surface area contributed by atoms with Gasteiger partial charge in [-0.15, -0.1) is 0 Å².